The van der Waals surface area contributed by atoms with Crippen molar-refractivity contribution in [2.75, 3.05) is 6.54 Å². The Morgan fingerprint density at radius 3 is 1.85 bits per heavy atom. The number of piperidine rings is 1. The lowest BCUT2D eigenvalue weighted by atomic mass is 9.94. The zero-order chi connectivity index (χ0) is 10.7. The molecular weight excluding hydrogens is 158 g/mol. The summed E-state index contributed by atoms with van der Waals surface area (Å²) in [5.41, 5.74) is 0. The van der Waals surface area contributed by atoms with Gasteiger partial charge in [-0.2, -0.15) is 0 Å². The highest BCUT2D eigenvalue weighted by Crippen LogP contribution is 2.13. The summed E-state index contributed by atoms with van der Waals surface area (Å²) in [4.78, 5) is 0. The van der Waals surface area contributed by atoms with E-state index in [1.54, 1.807) is 0 Å². The molecule has 0 spiro atoms. The minimum absolute atomic E-state index is 0.753. The first-order chi connectivity index (χ1) is 6.22. The number of nitrogens with one attached hydrogen (secondary N) is 1. The monoisotopic (exact) mass is 187 g/mol. The maximum Gasteiger partial charge on any atom is 0.00643 e. The third-order valence-corrected chi connectivity index (χ3v) is 2.16. The quantitative estimate of drug-likeness (QED) is 0.607. The van der Waals surface area contributed by atoms with Crippen LogP contribution in [-0.2, 0) is 0 Å². The van der Waals surface area contributed by atoms with E-state index in [2.05, 4.69) is 33.0 Å². The van der Waals surface area contributed by atoms with Crippen LogP contribution in [0.4, 0.5) is 0 Å². The molecule has 1 heterocycles. The van der Waals surface area contributed by atoms with Crippen molar-refractivity contribution in [3.63, 3.8) is 0 Å². The predicted octanol–water partition coefficient (Wildman–Crippen LogP) is 3.84. The summed E-state index contributed by atoms with van der Waals surface area (Å²) in [6.07, 6.45) is 4.03. The normalized spacial score (nSPS) is 26.3. The van der Waals surface area contributed by atoms with Gasteiger partial charge < -0.3 is 5.32 Å². The molecule has 0 saturated carbocycles. The molecule has 1 rings (SSSR count). The summed E-state index contributed by atoms with van der Waals surface area (Å²) in [6.45, 7) is 14.1. The molecule has 2 unspecified atom stereocenters. The van der Waals surface area contributed by atoms with E-state index < -0.39 is 0 Å². The molecule has 82 valence electrons. The van der Waals surface area contributed by atoms with Crippen LogP contribution in [0.15, 0.2) is 0 Å². The van der Waals surface area contributed by atoms with Crippen LogP contribution in [0.2, 0.25) is 0 Å². The largest absolute Gasteiger partial charge is 0.314 e. The van der Waals surface area contributed by atoms with Crippen molar-refractivity contribution >= 4 is 0 Å². The van der Waals surface area contributed by atoms with E-state index in [1.165, 1.54) is 25.8 Å². The van der Waals surface area contributed by atoms with Crippen LogP contribution in [0.5, 0.6) is 0 Å². The Balaban J connectivity index is 0. The van der Waals surface area contributed by atoms with Gasteiger partial charge in [-0.05, 0) is 32.2 Å². The van der Waals surface area contributed by atoms with E-state index in [-0.39, 0.29) is 0 Å². The van der Waals surface area contributed by atoms with Gasteiger partial charge in [-0.1, -0.05) is 41.0 Å². The first-order valence-electron chi connectivity index (χ1n) is 5.95. The van der Waals surface area contributed by atoms with Gasteiger partial charge in [-0.15, -0.1) is 0 Å². The molecule has 13 heavy (non-hydrogen) atoms. The summed E-state index contributed by atoms with van der Waals surface area (Å²) in [5.74, 6) is 0.892. The van der Waals surface area contributed by atoms with Crippen LogP contribution < -0.4 is 5.32 Å². The molecule has 1 saturated heterocycles. The van der Waals surface area contributed by atoms with E-state index >= 15 is 0 Å². The molecule has 1 nitrogen and oxygen atoms in total. The third-order valence-electron chi connectivity index (χ3n) is 2.16. The SMILES string of the molecule is CC.CC1CCCNC1C.CCC. The number of hydrogen-bond donors (Lipinski definition) is 1. The average molecular weight is 187 g/mol. The van der Waals surface area contributed by atoms with Crippen LogP contribution in [0.1, 0.15) is 60.8 Å². The predicted molar refractivity (Wildman–Crippen MR) is 63.2 cm³/mol. The van der Waals surface area contributed by atoms with E-state index in [0.717, 1.165) is 12.0 Å². The Labute approximate surface area is 85.3 Å². The molecule has 1 N–H and O–H groups in total. The molecule has 0 aromatic carbocycles. The molecule has 0 bridgehead atoms. The molecule has 0 aromatic heterocycles. The van der Waals surface area contributed by atoms with Gasteiger partial charge in [0, 0.05) is 6.04 Å². The van der Waals surface area contributed by atoms with Gasteiger partial charge >= 0.3 is 0 Å². The van der Waals surface area contributed by atoms with Crippen LogP contribution in [0.25, 0.3) is 0 Å². The van der Waals surface area contributed by atoms with Crippen molar-refractivity contribution in [1.82, 2.24) is 5.32 Å². The molecule has 0 radical (unpaired) electrons. The van der Waals surface area contributed by atoms with Crippen molar-refractivity contribution in [1.29, 1.82) is 0 Å². The smallest absolute Gasteiger partial charge is 0.00643 e. The fourth-order valence-corrected chi connectivity index (χ4v) is 1.20. The zero-order valence-electron chi connectivity index (χ0n) is 10.5. The van der Waals surface area contributed by atoms with Crippen molar-refractivity contribution in [2.24, 2.45) is 5.92 Å². The Bertz CT molecular complexity index is 71.2. The Morgan fingerprint density at radius 1 is 1.15 bits per heavy atom. The first kappa shape index (κ1) is 15.4. The molecule has 1 fully saturated rings. The Morgan fingerprint density at radius 2 is 1.62 bits per heavy atom. The van der Waals surface area contributed by atoms with Gasteiger partial charge in [-0.25, -0.2) is 0 Å². The van der Waals surface area contributed by atoms with Crippen molar-refractivity contribution in [3.8, 4) is 0 Å². The minimum atomic E-state index is 0.753. The Kier molecular flexibility index (Phi) is 14.2. The molecule has 2 atom stereocenters. The van der Waals surface area contributed by atoms with Crippen LogP contribution in [0, 0.1) is 5.92 Å². The number of hydrogen-bond acceptors (Lipinski definition) is 1. The van der Waals surface area contributed by atoms with Gasteiger partial charge in [0.25, 0.3) is 0 Å². The van der Waals surface area contributed by atoms with Gasteiger partial charge in [0.1, 0.15) is 0 Å². The molecule has 0 aromatic rings. The zero-order valence-corrected chi connectivity index (χ0v) is 10.5. The second-order valence-corrected chi connectivity index (χ2v) is 3.57. The van der Waals surface area contributed by atoms with Crippen molar-refractivity contribution in [3.05, 3.63) is 0 Å². The summed E-state index contributed by atoms with van der Waals surface area (Å²) in [7, 11) is 0. The summed E-state index contributed by atoms with van der Waals surface area (Å²) < 4.78 is 0. The topological polar surface area (TPSA) is 12.0 Å². The molecule has 0 amide bonds. The fourth-order valence-electron chi connectivity index (χ4n) is 1.20. The second kappa shape index (κ2) is 12.0. The minimum Gasteiger partial charge on any atom is -0.314 e. The molecule has 1 aliphatic rings. The highest BCUT2D eigenvalue weighted by Gasteiger charge is 2.14. The molecule has 1 aliphatic heterocycles. The molecule has 1 heteroatoms. The summed E-state index contributed by atoms with van der Waals surface area (Å²) in [5, 5.41) is 3.43. The molecule has 0 aliphatic carbocycles. The lowest BCUT2D eigenvalue weighted by Gasteiger charge is -2.26. The maximum atomic E-state index is 3.43. The van der Waals surface area contributed by atoms with Crippen LogP contribution in [0.3, 0.4) is 0 Å². The van der Waals surface area contributed by atoms with Gasteiger partial charge in [-0.3, -0.25) is 0 Å². The Hall–Kier alpha value is -0.0400. The van der Waals surface area contributed by atoms with Crippen molar-refractivity contribution in [2.45, 2.75) is 66.8 Å². The van der Waals surface area contributed by atoms with E-state index in [4.69, 9.17) is 0 Å². The van der Waals surface area contributed by atoms with Crippen LogP contribution in [-0.4, -0.2) is 12.6 Å². The first-order valence-corrected chi connectivity index (χ1v) is 5.95. The summed E-state index contributed by atoms with van der Waals surface area (Å²) >= 11 is 0. The van der Waals surface area contributed by atoms with Gasteiger partial charge in [0.2, 0.25) is 0 Å². The molecular formula is C12H29N. The van der Waals surface area contributed by atoms with Gasteiger partial charge in [0.15, 0.2) is 0 Å². The highest BCUT2D eigenvalue weighted by atomic mass is 14.9. The average Bonchev–Trinajstić information content (AvgIpc) is 2.15. The highest BCUT2D eigenvalue weighted by molar-refractivity contribution is 4.73. The fraction of sp³-hybridized carbons (Fsp3) is 1.00. The summed E-state index contributed by atoms with van der Waals surface area (Å²) in [6, 6.07) is 0.753. The standard InChI is InChI=1S/C7H15N.C3H8.C2H6/c1-6-4-3-5-8-7(6)2;1-3-2;1-2/h6-8H,3-5H2,1-2H3;3H2,1-2H3;1-2H3. The lowest BCUT2D eigenvalue weighted by molar-refractivity contribution is 0.319. The van der Waals surface area contributed by atoms with E-state index in [0.29, 0.717) is 0 Å². The third kappa shape index (κ3) is 9.88. The number of rotatable bonds is 0. The van der Waals surface area contributed by atoms with E-state index in [1.807, 2.05) is 13.8 Å². The van der Waals surface area contributed by atoms with E-state index in [9.17, 15) is 0 Å². The van der Waals surface area contributed by atoms with Crippen LogP contribution >= 0.6 is 0 Å². The lowest BCUT2D eigenvalue weighted by Crippen LogP contribution is -2.37. The van der Waals surface area contributed by atoms with Gasteiger partial charge in [0.05, 0.1) is 0 Å². The van der Waals surface area contributed by atoms with Crippen molar-refractivity contribution < 1.29 is 0 Å². The second-order valence-electron chi connectivity index (χ2n) is 3.57. The maximum absolute atomic E-state index is 3.43.